The zero-order valence-electron chi connectivity index (χ0n) is 13.2. The van der Waals surface area contributed by atoms with Gasteiger partial charge in [0.25, 0.3) is 0 Å². The van der Waals surface area contributed by atoms with Crippen LogP contribution in [0.3, 0.4) is 0 Å². The van der Waals surface area contributed by atoms with Crippen molar-refractivity contribution in [1.82, 2.24) is 0 Å². The van der Waals surface area contributed by atoms with Gasteiger partial charge in [0.15, 0.2) is 10.8 Å². The number of nitrogens with zero attached hydrogens (tertiary/aromatic N) is 1. The van der Waals surface area contributed by atoms with Crippen LogP contribution < -0.4 is 14.9 Å². The number of carbonyl (C=O) groups is 1. The summed E-state index contributed by atoms with van der Waals surface area (Å²) in [5.74, 6) is 1.43. The van der Waals surface area contributed by atoms with E-state index in [0.717, 1.165) is 22.1 Å². The molecule has 0 aliphatic heterocycles. The van der Waals surface area contributed by atoms with E-state index in [9.17, 15) is 4.79 Å². The molecule has 1 N–H and O–H groups in total. The summed E-state index contributed by atoms with van der Waals surface area (Å²) in [7, 11) is 3.23. The number of carbonyl (C=O) groups excluding carboxylic acids is 1. The average molecular weight is 330 g/mol. The number of ether oxygens (including phenoxy) is 2. The quantitative estimate of drug-likeness (QED) is 0.378. The molecule has 0 radical (unpaired) electrons. The number of hydrogen-bond donors (Lipinski definition) is 1. The van der Waals surface area contributed by atoms with Gasteiger partial charge in [0.1, 0.15) is 11.5 Å². The van der Waals surface area contributed by atoms with Gasteiger partial charge in [-0.05, 0) is 48.5 Å². The van der Waals surface area contributed by atoms with Crippen LogP contribution >= 0.6 is 11.8 Å². The maximum atomic E-state index is 11.8. The van der Waals surface area contributed by atoms with E-state index in [-0.39, 0.29) is 5.78 Å². The van der Waals surface area contributed by atoms with Gasteiger partial charge in [0.05, 0.1) is 19.9 Å². The highest BCUT2D eigenvalue weighted by Gasteiger charge is 2.09. The fraction of sp³-hybridized carbons (Fsp3) is 0.176. The van der Waals surface area contributed by atoms with Gasteiger partial charge in [-0.25, -0.2) is 0 Å². The van der Waals surface area contributed by atoms with E-state index in [1.165, 1.54) is 18.7 Å². The van der Waals surface area contributed by atoms with Crippen molar-refractivity contribution in [3.63, 3.8) is 0 Å². The van der Waals surface area contributed by atoms with E-state index < -0.39 is 0 Å². The smallest absolute Gasteiger partial charge is 0.186 e. The highest BCUT2D eigenvalue weighted by Crippen LogP contribution is 2.23. The van der Waals surface area contributed by atoms with Crippen molar-refractivity contribution in [1.29, 1.82) is 0 Å². The summed E-state index contributed by atoms with van der Waals surface area (Å²) in [6, 6.07) is 14.8. The fourth-order valence-corrected chi connectivity index (χ4v) is 2.44. The monoisotopic (exact) mass is 330 g/mol. The molecule has 120 valence electrons. The van der Waals surface area contributed by atoms with E-state index in [2.05, 4.69) is 10.5 Å². The van der Waals surface area contributed by atoms with Crippen molar-refractivity contribution in [3.05, 3.63) is 48.5 Å². The lowest BCUT2D eigenvalue weighted by molar-refractivity contribution is -0.110. The molecule has 23 heavy (non-hydrogen) atoms. The number of nitrogens with one attached hydrogen (secondary N) is 1. The molecule has 0 saturated heterocycles. The molecule has 0 saturated carbocycles. The van der Waals surface area contributed by atoms with Gasteiger partial charge in [-0.2, -0.15) is 5.10 Å². The number of anilines is 1. The van der Waals surface area contributed by atoms with Crippen molar-refractivity contribution >= 4 is 28.3 Å². The van der Waals surface area contributed by atoms with Gasteiger partial charge < -0.3 is 9.47 Å². The second-order valence-corrected chi connectivity index (χ2v) is 5.65. The molecule has 0 aromatic heterocycles. The molecule has 2 aromatic rings. The molecule has 0 bridgehead atoms. The fourth-order valence-electron chi connectivity index (χ4n) is 1.71. The molecule has 0 aliphatic rings. The Morgan fingerprint density at radius 2 is 1.48 bits per heavy atom. The van der Waals surface area contributed by atoms with Crippen LogP contribution in [0.15, 0.2) is 58.5 Å². The first kappa shape index (κ1) is 16.9. The second-order valence-electron chi connectivity index (χ2n) is 4.59. The molecule has 2 rings (SSSR count). The van der Waals surface area contributed by atoms with Crippen LogP contribution in [-0.2, 0) is 4.79 Å². The molecule has 2 aromatic carbocycles. The standard InChI is InChI=1S/C17H18N2O3S/c1-12(20)17(23-16-10-8-15(22-3)9-11-16)19-18-13-4-6-14(21-2)7-5-13/h4-11,18H,1-3H3. The van der Waals surface area contributed by atoms with Crippen LogP contribution in [0.1, 0.15) is 6.92 Å². The molecule has 5 nitrogen and oxygen atoms in total. The third kappa shape index (κ3) is 5.03. The van der Waals surface area contributed by atoms with Crippen molar-refractivity contribution < 1.29 is 14.3 Å². The zero-order chi connectivity index (χ0) is 16.7. The summed E-state index contributed by atoms with van der Waals surface area (Å²) in [5, 5.41) is 4.58. The molecule has 0 spiro atoms. The van der Waals surface area contributed by atoms with E-state index >= 15 is 0 Å². The maximum absolute atomic E-state index is 11.8. The van der Waals surface area contributed by atoms with Crippen molar-refractivity contribution in [3.8, 4) is 11.5 Å². The normalized spacial score (nSPS) is 11.0. The molecular formula is C17H18N2O3S. The number of Topliss-reactive ketones (excluding diaryl/α,β-unsaturated/α-hetero) is 1. The molecule has 0 aliphatic carbocycles. The summed E-state index contributed by atoms with van der Waals surface area (Å²) >= 11 is 1.30. The summed E-state index contributed by atoms with van der Waals surface area (Å²) in [5.41, 5.74) is 3.66. The van der Waals surface area contributed by atoms with Crippen LogP contribution in [0.25, 0.3) is 0 Å². The lowest BCUT2D eigenvalue weighted by Gasteiger charge is -2.06. The number of benzene rings is 2. The molecule has 6 heteroatoms. The largest absolute Gasteiger partial charge is 0.497 e. The third-order valence-electron chi connectivity index (χ3n) is 2.95. The van der Waals surface area contributed by atoms with Crippen molar-refractivity contribution in [2.45, 2.75) is 11.8 Å². The minimum Gasteiger partial charge on any atom is -0.497 e. The number of thioether (sulfide) groups is 1. The Morgan fingerprint density at radius 3 is 1.96 bits per heavy atom. The first-order chi connectivity index (χ1) is 11.1. The number of methoxy groups -OCH3 is 2. The minimum absolute atomic E-state index is 0.105. The van der Waals surface area contributed by atoms with Crippen LogP contribution in [0, 0.1) is 0 Å². The maximum Gasteiger partial charge on any atom is 0.186 e. The van der Waals surface area contributed by atoms with Gasteiger partial charge >= 0.3 is 0 Å². The lowest BCUT2D eigenvalue weighted by atomic mass is 10.3. The van der Waals surface area contributed by atoms with E-state index in [1.807, 2.05) is 48.5 Å². The first-order valence-corrected chi connectivity index (χ1v) is 7.74. The van der Waals surface area contributed by atoms with E-state index in [1.54, 1.807) is 14.2 Å². The Hall–Kier alpha value is -2.47. The van der Waals surface area contributed by atoms with Gasteiger partial charge in [0, 0.05) is 11.8 Å². The SMILES string of the molecule is COc1ccc(NN=C(Sc2ccc(OC)cc2)C(C)=O)cc1. The van der Waals surface area contributed by atoms with Crippen LogP contribution in [0.5, 0.6) is 11.5 Å². The van der Waals surface area contributed by atoms with Gasteiger partial charge in [-0.3, -0.25) is 10.2 Å². The third-order valence-corrected chi connectivity index (χ3v) is 4.03. The molecule has 0 fully saturated rings. The summed E-state index contributed by atoms with van der Waals surface area (Å²) in [6.45, 7) is 1.49. The van der Waals surface area contributed by atoms with E-state index in [4.69, 9.17) is 9.47 Å². The van der Waals surface area contributed by atoms with Crippen LogP contribution in [0.4, 0.5) is 5.69 Å². The summed E-state index contributed by atoms with van der Waals surface area (Å²) in [4.78, 5) is 12.7. The number of ketones is 1. The highest BCUT2D eigenvalue weighted by molar-refractivity contribution is 8.15. The highest BCUT2D eigenvalue weighted by atomic mass is 32.2. The Bertz CT molecular complexity index is 682. The molecular weight excluding hydrogens is 312 g/mol. The molecule has 0 unspecified atom stereocenters. The second kappa shape index (κ2) is 8.24. The Labute approximate surface area is 139 Å². The molecule has 0 heterocycles. The summed E-state index contributed by atoms with van der Waals surface area (Å²) in [6.07, 6.45) is 0. The number of rotatable bonds is 6. The predicted molar refractivity (Wildman–Crippen MR) is 93.6 cm³/mol. The zero-order valence-corrected chi connectivity index (χ0v) is 14.0. The van der Waals surface area contributed by atoms with Gasteiger partial charge in [-0.1, -0.05) is 11.8 Å². The Morgan fingerprint density at radius 1 is 0.957 bits per heavy atom. The minimum atomic E-state index is -0.105. The topological polar surface area (TPSA) is 59.9 Å². The van der Waals surface area contributed by atoms with Crippen LogP contribution in [-0.4, -0.2) is 25.0 Å². The number of hydrazone groups is 1. The van der Waals surface area contributed by atoms with E-state index in [0.29, 0.717) is 5.04 Å². The lowest BCUT2D eigenvalue weighted by Crippen LogP contribution is -2.08. The first-order valence-electron chi connectivity index (χ1n) is 6.93. The average Bonchev–Trinajstić information content (AvgIpc) is 2.59. The Kier molecular flexibility index (Phi) is 6.05. The van der Waals surface area contributed by atoms with Gasteiger partial charge in [-0.15, -0.1) is 0 Å². The molecule has 0 amide bonds. The molecule has 0 atom stereocenters. The predicted octanol–water partition coefficient (Wildman–Crippen LogP) is 3.81. The number of hydrogen-bond acceptors (Lipinski definition) is 6. The Balaban J connectivity index is 2.08. The van der Waals surface area contributed by atoms with Crippen molar-refractivity contribution in [2.24, 2.45) is 5.10 Å². The van der Waals surface area contributed by atoms with Gasteiger partial charge in [0.2, 0.25) is 0 Å². The van der Waals surface area contributed by atoms with Crippen LogP contribution in [0.2, 0.25) is 0 Å². The van der Waals surface area contributed by atoms with Crippen molar-refractivity contribution in [2.75, 3.05) is 19.6 Å². The summed E-state index contributed by atoms with van der Waals surface area (Å²) < 4.78 is 10.2.